The molecule has 7 unspecified atom stereocenters. The van der Waals surface area contributed by atoms with Crippen LogP contribution < -0.4 is 5.32 Å². The summed E-state index contributed by atoms with van der Waals surface area (Å²) in [6.07, 6.45) is 40.6. The Morgan fingerprint density at radius 2 is 0.948 bits per heavy atom. The lowest BCUT2D eigenvalue weighted by Gasteiger charge is -2.40. The average molecular weight is 826 g/mol. The molecule has 1 aliphatic heterocycles. The lowest BCUT2D eigenvalue weighted by Crippen LogP contribution is -2.60. The lowest BCUT2D eigenvalue weighted by molar-refractivity contribution is -0.302. The summed E-state index contributed by atoms with van der Waals surface area (Å²) in [4.78, 5) is 12.7. The molecule has 1 aliphatic rings. The molecular weight excluding hydrogens is 731 g/mol. The first-order valence-corrected chi connectivity index (χ1v) is 24.9. The molecule has 0 bridgehead atoms. The predicted octanol–water partition coefficient (Wildman–Crippen LogP) is 10.9. The standard InChI is InChI=1S/C49H95NO8/c1-3-5-7-9-10-11-12-13-14-15-16-17-18-19-20-21-22-23-24-25-26-27-28-29-30-31-32-33-35-36-38-43(52)42(50-45(53)39-37-34-8-6-4-2)41-57-49-48(56)47(55)46(54)44(40-51)58-49/h36,38,42-44,46-49,51-52,54-56H,3-35,37,39-41H2,1-2H3,(H,50,53)/b38-36+. The van der Waals surface area contributed by atoms with E-state index in [4.69, 9.17) is 9.47 Å². The Labute approximate surface area is 356 Å². The second kappa shape index (κ2) is 40.0. The van der Waals surface area contributed by atoms with E-state index in [1.807, 2.05) is 6.08 Å². The molecule has 0 radical (unpaired) electrons. The van der Waals surface area contributed by atoms with Crippen LogP contribution >= 0.6 is 0 Å². The van der Waals surface area contributed by atoms with Crippen molar-refractivity contribution in [2.75, 3.05) is 13.2 Å². The Hall–Kier alpha value is -1.07. The monoisotopic (exact) mass is 826 g/mol. The van der Waals surface area contributed by atoms with Gasteiger partial charge in [0.1, 0.15) is 24.4 Å². The first kappa shape index (κ1) is 54.9. The topological polar surface area (TPSA) is 149 Å². The largest absolute Gasteiger partial charge is 0.394 e. The number of ether oxygens (including phenoxy) is 2. The highest BCUT2D eigenvalue weighted by Gasteiger charge is 2.44. The zero-order valence-electron chi connectivity index (χ0n) is 37.8. The highest BCUT2D eigenvalue weighted by molar-refractivity contribution is 5.76. The Balaban J connectivity index is 2.07. The van der Waals surface area contributed by atoms with E-state index >= 15 is 0 Å². The highest BCUT2D eigenvalue weighted by atomic mass is 16.7. The first-order chi connectivity index (χ1) is 28.3. The molecule has 9 heteroatoms. The number of nitrogens with one attached hydrogen (secondary N) is 1. The summed E-state index contributed by atoms with van der Waals surface area (Å²) in [6.45, 7) is 3.69. The molecule has 0 aliphatic carbocycles. The van der Waals surface area contributed by atoms with Gasteiger partial charge in [0.05, 0.1) is 25.4 Å². The number of amides is 1. The van der Waals surface area contributed by atoms with Gasteiger partial charge in [-0.05, 0) is 19.3 Å². The molecule has 0 spiro atoms. The SMILES string of the molecule is CCCCCCCCCCCCCCCCCCCCCCCCCCCCCC/C=C/C(O)C(COC1OC(CO)C(O)C(O)C1O)NC(=O)CCCCCCC. The summed E-state index contributed by atoms with van der Waals surface area (Å²) < 4.78 is 11.1. The molecule has 1 rings (SSSR count). The number of allylic oxidation sites excluding steroid dienone is 1. The lowest BCUT2D eigenvalue weighted by atomic mass is 9.99. The van der Waals surface area contributed by atoms with Crippen molar-refractivity contribution in [2.45, 2.75) is 281 Å². The molecule has 1 saturated heterocycles. The number of unbranched alkanes of at least 4 members (excludes halogenated alkanes) is 32. The van der Waals surface area contributed by atoms with Crippen molar-refractivity contribution >= 4 is 5.91 Å². The van der Waals surface area contributed by atoms with Gasteiger partial charge in [0.15, 0.2) is 6.29 Å². The molecule has 1 amide bonds. The van der Waals surface area contributed by atoms with E-state index < -0.39 is 49.5 Å². The molecule has 58 heavy (non-hydrogen) atoms. The van der Waals surface area contributed by atoms with Crippen LogP contribution in [0, 0.1) is 0 Å². The van der Waals surface area contributed by atoms with Crippen LogP contribution in [-0.2, 0) is 14.3 Å². The minimum Gasteiger partial charge on any atom is -0.394 e. The van der Waals surface area contributed by atoms with Gasteiger partial charge in [0.25, 0.3) is 0 Å². The maximum absolute atomic E-state index is 12.7. The van der Waals surface area contributed by atoms with Crippen LogP contribution in [0.2, 0.25) is 0 Å². The number of carbonyl (C=O) groups is 1. The van der Waals surface area contributed by atoms with Crippen molar-refractivity contribution in [3.63, 3.8) is 0 Å². The van der Waals surface area contributed by atoms with E-state index in [1.165, 1.54) is 167 Å². The Morgan fingerprint density at radius 3 is 1.34 bits per heavy atom. The summed E-state index contributed by atoms with van der Waals surface area (Å²) in [5.74, 6) is -0.188. The van der Waals surface area contributed by atoms with Gasteiger partial charge in [-0.1, -0.05) is 225 Å². The fraction of sp³-hybridized carbons (Fsp3) is 0.939. The maximum atomic E-state index is 12.7. The van der Waals surface area contributed by atoms with Gasteiger partial charge in [-0.2, -0.15) is 0 Å². The molecule has 1 heterocycles. The summed E-state index contributed by atoms with van der Waals surface area (Å²) in [5, 5.41) is 53.9. The van der Waals surface area contributed by atoms with Gasteiger partial charge in [0, 0.05) is 6.42 Å². The minimum atomic E-state index is -1.56. The van der Waals surface area contributed by atoms with Crippen molar-refractivity contribution in [1.82, 2.24) is 5.32 Å². The van der Waals surface area contributed by atoms with E-state index in [2.05, 4.69) is 19.2 Å². The Morgan fingerprint density at radius 1 is 0.569 bits per heavy atom. The maximum Gasteiger partial charge on any atom is 0.220 e. The van der Waals surface area contributed by atoms with Crippen molar-refractivity contribution < 1.29 is 39.8 Å². The molecule has 0 aromatic rings. The molecule has 9 nitrogen and oxygen atoms in total. The molecule has 0 saturated carbocycles. The number of rotatable bonds is 42. The molecule has 7 atom stereocenters. The summed E-state index contributed by atoms with van der Waals surface area (Å²) in [5.41, 5.74) is 0. The third-order valence-corrected chi connectivity index (χ3v) is 12.1. The number of aliphatic hydroxyl groups is 5. The van der Waals surface area contributed by atoms with E-state index in [9.17, 15) is 30.3 Å². The van der Waals surface area contributed by atoms with Gasteiger partial charge in [-0.25, -0.2) is 0 Å². The third-order valence-electron chi connectivity index (χ3n) is 12.1. The number of carbonyl (C=O) groups excluding carboxylic acids is 1. The van der Waals surface area contributed by atoms with E-state index in [0.29, 0.717) is 6.42 Å². The number of hydrogen-bond acceptors (Lipinski definition) is 8. The van der Waals surface area contributed by atoms with Crippen LogP contribution in [0.4, 0.5) is 0 Å². The highest BCUT2D eigenvalue weighted by Crippen LogP contribution is 2.23. The number of aliphatic hydroxyl groups excluding tert-OH is 5. The normalized spacial score (nSPS) is 20.8. The van der Waals surface area contributed by atoms with Crippen LogP contribution in [0.5, 0.6) is 0 Å². The number of hydrogen-bond donors (Lipinski definition) is 6. The van der Waals surface area contributed by atoms with Crippen molar-refractivity contribution in [1.29, 1.82) is 0 Å². The van der Waals surface area contributed by atoms with Gasteiger partial charge < -0.3 is 40.3 Å². The minimum absolute atomic E-state index is 0.185. The fourth-order valence-corrected chi connectivity index (χ4v) is 8.10. The Kier molecular flexibility index (Phi) is 37.9. The van der Waals surface area contributed by atoms with Crippen molar-refractivity contribution in [3.05, 3.63) is 12.2 Å². The van der Waals surface area contributed by atoms with Crippen LogP contribution in [0.15, 0.2) is 12.2 Å². The van der Waals surface area contributed by atoms with Gasteiger partial charge in [-0.15, -0.1) is 0 Å². The molecule has 0 aromatic carbocycles. The Bertz CT molecular complexity index is 919. The van der Waals surface area contributed by atoms with Crippen LogP contribution in [0.25, 0.3) is 0 Å². The molecule has 1 fully saturated rings. The van der Waals surface area contributed by atoms with Crippen LogP contribution in [-0.4, -0.2) is 87.5 Å². The van der Waals surface area contributed by atoms with Gasteiger partial charge in [-0.3, -0.25) is 4.79 Å². The van der Waals surface area contributed by atoms with Crippen molar-refractivity contribution in [3.8, 4) is 0 Å². The second-order valence-corrected chi connectivity index (χ2v) is 17.6. The quantitative estimate of drug-likeness (QED) is 0.0263. The molecule has 6 N–H and O–H groups in total. The third kappa shape index (κ3) is 30.0. The fourth-order valence-electron chi connectivity index (χ4n) is 8.10. The summed E-state index contributed by atoms with van der Waals surface area (Å²) in [6, 6.07) is -0.796. The average Bonchev–Trinajstić information content (AvgIpc) is 3.22. The van der Waals surface area contributed by atoms with Gasteiger partial charge in [0.2, 0.25) is 5.91 Å². The summed E-state index contributed by atoms with van der Waals surface area (Å²) >= 11 is 0. The predicted molar refractivity (Wildman–Crippen MR) is 240 cm³/mol. The molecule has 344 valence electrons. The molecule has 0 aromatic heterocycles. The first-order valence-electron chi connectivity index (χ1n) is 24.9. The van der Waals surface area contributed by atoms with Crippen LogP contribution in [0.3, 0.4) is 0 Å². The molecular formula is C49H95NO8. The van der Waals surface area contributed by atoms with Crippen molar-refractivity contribution in [2.24, 2.45) is 0 Å². The zero-order chi connectivity index (χ0) is 42.3. The van der Waals surface area contributed by atoms with E-state index in [0.717, 1.165) is 51.4 Å². The summed E-state index contributed by atoms with van der Waals surface area (Å²) in [7, 11) is 0. The van der Waals surface area contributed by atoms with E-state index in [-0.39, 0.29) is 12.5 Å². The van der Waals surface area contributed by atoms with E-state index in [1.54, 1.807) is 6.08 Å². The second-order valence-electron chi connectivity index (χ2n) is 17.6. The van der Waals surface area contributed by atoms with Gasteiger partial charge >= 0.3 is 0 Å². The van der Waals surface area contributed by atoms with Crippen LogP contribution in [0.1, 0.15) is 239 Å². The zero-order valence-corrected chi connectivity index (χ0v) is 37.8. The smallest absolute Gasteiger partial charge is 0.220 e.